The summed E-state index contributed by atoms with van der Waals surface area (Å²) in [6.45, 7) is 3.23. The Morgan fingerprint density at radius 1 is 1.30 bits per heavy atom. The number of nitrogens with zero attached hydrogens (tertiary/aromatic N) is 1. The fraction of sp³-hybridized carbons (Fsp3) is 0.769. The van der Waals surface area contributed by atoms with Crippen LogP contribution in [0.3, 0.4) is 0 Å². The maximum absolute atomic E-state index is 11.8. The van der Waals surface area contributed by atoms with Gasteiger partial charge in [0, 0.05) is 4.90 Å². The van der Waals surface area contributed by atoms with Crippen LogP contribution < -0.4 is 0 Å². The topological polar surface area (TPSA) is 116 Å². The summed E-state index contributed by atoms with van der Waals surface area (Å²) in [5.74, 6) is -0.313. The van der Waals surface area contributed by atoms with Gasteiger partial charge in [-0.3, -0.25) is 5.21 Å². The Bertz CT molecular complexity index is 446. The summed E-state index contributed by atoms with van der Waals surface area (Å²) in [6, 6.07) is 0. The van der Waals surface area contributed by atoms with Gasteiger partial charge in [-0.15, -0.1) is 0 Å². The van der Waals surface area contributed by atoms with Gasteiger partial charge in [0.25, 0.3) is 0 Å². The second kappa shape index (κ2) is 5.69. The predicted molar refractivity (Wildman–Crippen MR) is 69.7 cm³/mol. The molecule has 0 saturated heterocycles. The van der Waals surface area contributed by atoms with Crippen LogP contribution in [-0.4, -0.2) is 62.1 Å². The first-order valence-corrected chi connectivity index (χ1v) is 6.66. The third kappa shape index (κ3) is 2.54. The second-order valence-corrected chi connectivity index (χ2v) is 5.60. The van der Waals surface area contributed by atoms with E-state index in [1.54, 1.807) is 0 Å². The Labute approximate surface area is 117 Å². The normalized spacial score (nSPS) is 30.9. The fourth-order valence-electron chi connectivity index (χ4n) is 2.76. The zero-order valence-corrected chi connectivity index (χ0v) is 11.6. The minimum absolute atomic E-state index is 0.313. The molecule has 0 fully saturated rings. The van der Waals surface area contributed by atoms with Crippen molar-refractivity contribution < 1.29 is 30.2 Å². The molecule has 0 spiro atoms. The molecule has 1 aliphatic carbocycles. The Hall–Kier alpha value is -1.15. The zero-order chi connectivity index (χ0) is 15.0. The highest BCUT2D eigenvalue weighted by molar-refractivity contribution is 5.87. The van der Waals surface area contributed by atoms with E-state index in [1.165, 1.54) is 0 Å². The summed E-state index contributed by atoms with van der Waals surface area (Å²) < 4.78 is 0. The van der Waals surface area contributed by atoms with E-state index in [1.807, 2.05) is 13.8 Å². The number of aliphatic hydroxyl groups is 4. The summed E-state index contributed by atoms with van der Waals surface area (Å²) in [6.07, 6.45) is -4.33. The van der Waals surface area contributed by atoms with E-state index in [0.29, 0.717) is 23.5 Å². The Kier molecular flexibility index (Phi) is 4.33. The average molecular weight is 287 g/mol. The molecule has 0 aromatic rings. The van der Waals surface area contributed by atoms with Gasteiger partial charge in [0.15, 0.2) is 0 Å². The van der Waals surface area contributed by atoms with Crippen molar-refractivity contribution in [3.63, 3.8) is 0 Å². The lowest BCUT2D eigenvalue weighted by Crippen LogP contribution is -2.49. The smallest absolute Gasteiger partial charge is 0.230 e. The van der Waals surface area contributed by atoms with E-state index < -0.39 is 31.0 Å². The molecule has 7 heteroatoms. The van der Waals surface area contributed by atoms with Gasteiger partial charge in [-0.25, -0.2) is 0 Å². The molecule has 2 aliphatic rings. The first-order chi connectivity index (χ1) is 9.36. The molecule has 0 radical (unpaired) electrons. The first kappa shape index (κ1) is 15.2. The van der Waals surface area contributed by atoms with Crippen molar-refractivity contribution in [1.29, 1.82) is 0 Å². The Balaban J connectivity index is 2.17. The first-order valence-electron chi connectivity index (χ1n) is 6.66. The summed E-state index contributed by atoms with van der Waals surface area (Å²) in [4.78, 5) is 5.50. The monoisotopic (exact) mass is 287 g/mol. The van der Waals surface area contributed by atoms with Gasteiger partial charge in [-0.1, -0.05) is 11.1 Å². The molecule has 0 aromatic carbocycles. The standard InChI is InChI=1S/C13H21NO6/c1-6-3-8-9(4-7(6)2)14(19)20-13(8)12(18)11(17)10(16)5-15/h8,10-13,15-18H,3-5H2,1-2H3/t8?,10-,11+,12+,13+/m1/s1. The van der Waals surface area contributed by atoms with Crippen LogP contribution in [0.2, 0.25) is 0 Å². The molecule has 20 heavy (non-hydrogen) atoms. The molecule has 0 aromatic heterocycles. The molecule has 2 rings (SSSR count). The molecule has 114 valence electrons. The molecule has 0 bridgehead atoms. The van der Waals surface area contributed by atoms with E-state index >= 15 is 0 Å². The van der Waals surface area contributed by atoms with Gasteiger partial charge in [-0.05, 0) is 20.3 Å². The zero-order valence-electron chi connectivity index (χ0n) is 11.6. The Morgan fingerprint density at radius 3 is 2.55 bits per heavy atom. The Morgan fingerprint density at radius 2 is 1.95 bits per heavy atom. The van der Waals surface area contributed by atoms with Crippen molar-refractivity contribution in [3.05, 3.63) is 16.4 Å². The van der Waals surface area contributed by atoms with Crippen molar-refractivity contribution in [2.24, 2.45) is 5.92 Å². The van der Waals surface area contributed by atoms with Crippen molar-refractivity contribution in [2.75, 3.05) is 6.61 Å². The van der Waals surface area contributed by atoms with Crippen LogP contribution in [0.4, 0.5) is 0 Å². The quantitative estimate of drug-likeness (QED) is 0.392. The molecule has 4 N–H and O–H groups in total. The fourth-order valence-corrected chi connectivity index (χ4v) is 2.76. The van der Waals surface area contributed by atoms with Gasteiger partial charge in [-0.2, -0.15) is 0 Å². The second-order valence-electron chi connectivity index (χ2n) is 5.60. The van der Waals surface area contributed by atoms with Gasteiger partial charge in [0.1, 0.15) is 24.4 Å². The van der Waals surface area contributed by atoms with Crippen molar-refractivity contribution in [2.45, 2.75) is 51.1 Å². The lowest BCUT2D eigenvalue weighted by molar-refractivity contribution is -0.743. The van der Waals surface area contributed by atoms with Crippen LogP contribution in [0.1, 0.15) is 26.7 Å². The molecule has 5 atom stereocenters. The van der Waals surface area contributed by atoms with E-state index in [2.05, 4.69) is 0 Å². The van der Waals surface area contributed by atoms with Crippen LogP contribution in [-0.2, 0) is 4.84 Å². The molecule has 0 amide bonds. The van der Waals surface area contributed by atoms with Crippen molar-refractivity contribution in [3.8, 4) is 0 Å². The van der Waals surface area contributed by atoms with Gasteiger partial charge >= 0.3 is 0 Å². The van der Waals surface area contributed by atoms with Crippen molar-refractivity contribution in [1.82, 2.24) is 0 Å². The lowest BCUT2D eigenvalue weighted by atomic mass is 9.78. The summed E-state index contributed by atoms with van der Waals surface area (Å²) >= 11 is 0. The number of hydrogen-bond donors (Lipinski definition) is 4. The maximum Gasteiger partial charge on any atom is 0.230 e. The molecule has 7 nitrogen and oxygen atoms in total. The van der Waals surface area contributed by atoms with E-state index in [4.69, 9.17) is 9.94 Å². The molecule has 0 saturated carbocycles. The summed E-state index contributed by atoms with van der Waals surface area (Å²) in [5.41, 5.74) is 2.77. The number of rotatable bonds is 4. The lowest BCUT2D eigenvalue weighted by Gasteiger charge is -2.31. The number of hydrogen-bond acceptors (Lipinski definition) is 6. The maximum atomic E-state index is 11.8. The van der Waals surface area contributed by atoms with E-state index in [0.717, 1.165) is 11.1 Å². The molecule has 1 heterocycles. The van der Waals surface area contributed by atoms with Crippen LogP contribution in [0.5, 0.6) is 0 Å². The third-order valence-electron chi connectivity index (χ3n) is 4.25. The average Bonchev–Trinajstić information content (AvgIpc) is 2.74. The highest BCUT2D eigenvalue weighted by atomic mass is 16.9. The molecule has 1 unspecified atom stereocenters. The summed E-state index contributed by atoms with van der Waals surface area (Å²) in [7, 11) is 0. The van der Waals surface area contributed by atoms with Crippen LogP contribution >= 0.6 is 0 Å². The highest BCUT2D eigenvalue weighted by Crippen LogP contribution is 2.36. The summed E-state index contributed by atoms with van der Waals surface area (Å²) in [5, 5.41) is 49.8. The minimum atomic E-state index is -1.56. The minimum Gasteiger partial charge on any atom is -0.396 e. The van der Waals surface area contributed by atoms with Crippen LogP contribution in [0.15, 0.2) is 11.1 Å². The van der Waals surface area contributed by atoms with Crippen LogP contribution in [0.25, 0.3) is 0 Å². The van der Waals surface area contributed by atoms with Gasteiger partial charge in [0.05, 0.1) is 18.9 Å². The SMILES string of the molecule is CC1=C(C)CC2C(=[N+]([O-])O[C@@H]2[C@@H](O)[C@@H](O)[C@H](O)CO)C1. The van der Waals surface area contributed by atoms with Crippen molar-refractivity contribution >= 4 is 5.71 Å². The molecular weight excluding hydrogens is 266 g/mol. The number of fused-ring (bicyclic) bond motifs is 1. The number of allylic oxidation sites excluding steroid dienone is 2. The van der Waals surface area contributed by atoms with E-state index in [-0.39, 0.29) is 5.92 Å². The molecular formula is C13H21NO6. The molecule has 1 aliphatic heterocycles. The van der Waals surface area contributed by atoms with E-state index in [9.17, 15) is 20.5 Å². The third-order valence-corrected chi connectivity index (χ3v) is 4.25. The van der Waals surface area contributed by atoms with Gasteiger partial charge in [0.2, 0.25) is 5.71 Å². The van der Waals surface area contributed by atoms with Crippen LogP contribution in [0, 0.1) is 11.1 Å². The predicted octanol–water partition coefficient (Wildman–Crippen LogP) is -0.927. The van der Waals surface area contributed by atoms with Gasteiger partial charge < -0.3 is 25.3 Å². The number of aliphatic hydroxyl groups excluding tert-OH is 4. The highest BCUT2D eigenvalue weighted by Gasteiger charge is 2.47. The largest absolute Gasteiger partial charge is 0.396 e.